The Hall–Kier alpha value is -2.74. The maximum Gasteiger partial charge on any atom is 0.294 e. The third kappa shape index (κ3) is 3.07. The summed E-state index contributed by atoms with van der Waals surface area (Å²) in [6, 6.07) is 4.45. The van der Waals surface area contributed by atoms with Crippen LogP contribution in [-0.2, 0) is 0 Å². The van der Waals surface area contributed by atoms with Crippen molar-refractivity contribution in [2.45, 2.75) is 18.9 Å². The first-order valence-corrected chi connectivity index (χ1v) is 7.38. The average Bonchev–Trinajstić information content (AvgIpc) is 3.08. The third-order valence-corrected chi connectivity index (χ3v) is 3.95. The summed E-state index contributed by atoms with van der Waals surface area (Å²) in [5.74, 6) is -0.222. The van der Waals surface area contributed by atoms with E-state index < -0.39 is 4.92 Å². The van der Waals surface area contributed by atoms with Crippen molar-refractivity contribution in [2.24, 2.45) is 5.73 Å². The van der Waals surface area contributed by atoms with Gasteiger partial charge in [0.1, 0.15) is 5.69 Å². The maximum atomic E-state index is 12.5. The van der Waals surface area contributed by atoms with E-state index in [1.807, 2.05) is 0 Å². The van der Waals surface area contributed by atoms with Crippen LogP contribution in [0.5, 0.6) is 0 Å². The lowest BCUT2D eigenvalue weighted by atomic mass is 10.0. The van der Waals surface area contributed by atoms with Gasteiger partial charge in [-0.3, -0.25) is 14.9 Å². The lowest BCUT2D eigenvalue weighted by Gasteiger charge is -2.30. The fourth-order valence-electron chi connectivity index (χ4n) is 2.80. The van der Waals surface area contributed by atoms with Gasteiger partial charge in [0.2, 0.25) is 0 Å². The van der Waals surface area contributed by atoms with E-state index in [1.165, 1.54) is 18.6 Å². The fourth-order valence-corrected chi connectivity index (χ4v) is 2.80. The maximum absolute atomic E-state index is 12.5. The van der Waals surface area contributed by atoms with E-state index in [4.69, 9.17) is 5.73 Å². The number of nitrogens with two attached hydrogens (primary N) is 1. The largest absolute Gasteiger partial charge is 0.337 e. The van der Waals surface area contributed by atoms with Crippen LogP contribution >= 0.6 is 0 Å². The molecule has 120 valence electrons. The first-order valence-electron chi connectivity index (χ1n) is 7.38. The van der Waals surface area contributed by atoms with Crippen LogP contribution in [0.15, 0.2) is 36.9 Å². The molecule has 23 heavy (non-hydrogen) atoms. The number of piperidine rings is 1. The zero-order valence-corrected chi connectivity index (χ0v) is 12.5. The first-order chi connectivity index (χ1) is 11.1. The minimum Gasteiger partial charge on any atom is -0.337 e. The Balaban J connectivity index is 1.93. The predicted octanol–water partition coefficient (Wildman–Crippen LogP) is 1.34. The molecule has 0 saturated carbocycles. The molecular weight excluding hydrogens is 298 g/mol. The van der Waals surface area contributed by atoms with Crippen LogP contribution in [0, 0.1) is 10.1 Å². The van der Waals surface area contributed by atoms with E-state index >= 15 is 0 Å². The number of nitro groups is 1. The number of nitro benzene ring substituents is 1. The Bertz CT molecular complexity index is 729. The third-order valence-electron chi connectivity index (χ3n) is 3.95. The summed E-state index contributed by atoms with van der Waals surface area (Å²) < 4.78 is 1.54. The number of nitrogens with zero attached hydrogens (tertiary/aromatic N) is 4. The highest BCUT2D eigenvalue weighted by atomic mass is 16.6. The molecule has 1 saturated heterocycles. The summed E-state index contributed by atoms with van der Waals surface area (Å²) in [5.41, 5.74) is 6.44. The second-order valence-corrected chi connectivity index (χ2v) is 5.58. The SMILES string of the molecule is NC1CCCN(C(=O)c2ccc(-n3ccnc3)c([N+](=O)[O-])c2)C1. The highest BCUT2D eigenvalue weighted by Gasteiger charge is 2.25. The van der Waals surface area contributed by atoms with Crippen molar-refractivity contribution in [3.8, 4) is 5.69 Å². The smallest absolute Gasteiger partial charge is 0.294 e. The number of imidazole rings is 1. The van der Waals surface area contributed by atoms with Gasteiger partial charge in [-0.15, -0.1) is 0 Å². The van der Waals surface area contributed by atoms with E-state index in [1.54, 1.807) is 27.8 Å². The van der Waals surface area contributed by atoms with Gasteiger partial charge >= 0.3 is 0 Å². The number of hydrogen-bond donors (Lipinski definition) is 1. The van der Waals surface area contributed by atoms with Crippen LogP contribution in [0.4, 0.5) is 5.69 Å². The molecule has 1 fully saturated rings. The Morgan fingerprint density at radius 1 is 1.43 bits per heavy atom. The van der Waals surface area contributed by atoms with Crippen LogP contribution in [0.2, 0.25) is 0 Å². The summed E-state index contributed by atoms with van der Waals surface area (Å²) >= 11 is 0. The van der Waals surface area contributed by atoms with Crippen molar-refractivity contribution >= 4 is 11.6 Å². The Labute approximate surface area is 132 Å². The first kappa shape index (κ1) is 15.2. The van der Waals surface area contributed by atoms with Crippen molar-refractivity contribution in [1.29, 1.82) is 0 Å². The van der Waals surface area contributed by atoms with Gasteiger partial charge in [-0.2, -0.15) is 0 Å². The zero-order valence-electron chi connectivity index (χ0n) is 12.5. The molecule has 0 radical (unpaired) electrons. The molecule has 1 aromatic carbocycles. The van der Waals surface area contributed by atoms with E-state index in [0.29, 0.717) is 24.3 Å². The zero-order chi connectivity index (χ0) is 16.4. The molecule has 2 aromatic rings. The van der Waals surface area contributed by atoms with Crippen molar-refractivity contribution < 1.29 is 9.72 Å². The van der Waals surface area contributed by atoms with Crippen molar-refractivity contribution in [2.75, 3.05) is 13.1 Å². The molecule has 0 aliphatic carbocycles. The molecule has 1 unspecified atom stereocenters. The molecule has 0 spiro atoms. The van der Waals surface area contributed by atoms with Gasteiger partial charge in [0.05, 0.1) is 11.3 Å². The van der Waals surface area contributed by atoms with Gasteiger partial charge in [-0.1, -0.05) is 0 Å². The molecule has 0 bridgehead atoms. The molecule has 2 heterocycles. The molecule has 1 aliphatic rings. The standard InChI is InChI=1S/C15H17N5O3/c16-12-2-1-6-18(9-12)15(21)11-3-4-13(14(8-11)20(22)23)19-7-5-17-10-19/h3-5,7-8,10,12H,1-2,6,9,16H2. The summed E-state index contributed by atoms with van der Waals surface area (Å²) in [5, 5.41) is 11.3. The molecule has 3 rings (SSSR count). The Morgan fingerprint density at radius 2 is 2.26 bits per heavy atom. The van der Waals surface area contributed by atoms with Gasteiger partial charge in [-0.25, -0.2) is 4.98 Å². The highest BCUT2D eigenvalue weighted by molar-refractivity contribution is 5.95. The van der Waals surface area contributed by atoms with Gasteiger partial charge in [0, 0.05) is 43.2 Å². The average molecular weight is 315 g/mol. The summed E-state index contributed by atoms with van der Waals surface area (Å²) in [4.78, 5) is 28.9. The number of amides is 1. The minimum absolute atomic E-state index is 0.0343. The number of rotatable bonds is 3. The van der Waals surface area contributed by atoms with Gasteiger partial charge in [0.15, 0.2) is 0 Å². The molecule has 1 aliphatic heterocycles. The van der Waals surface area contributed by atoms with Crippen LogP contribution in [0.3, 0.4) is 0 Å². The number of aromatic nitrogens is 2. The van der Waals surface area contributed by atoms with Crippen LogP contribution in [0.25, 0.3) is 5.69 Å². The summed E-state index contributed by atoms with van der Waals surface area (Å²) in [6.45, 7) is 1.11. The molecule has 1 amide bonds. The highest BCUT2D eigenvalue weighted by Crippen LogP contribution is 2.25. The molecule has 2 N–H and O–H groups in total. The quantitative estimate of drug-likeness (QED) is 0.679. The number of likely N-dealkylation sites (tertiary alicyclic amines) is 1. The normalized spacial score (nSPS) is 18.0. The number of hydrogen-bond acceptors (Lipinski definition) is 5. The monoisotopic (exact) mass is 315 g/mol. The van der Waals surface area contributed by atoms with Crippen molar-refractivity contribution in [3.63, 3.8) is 0 Å². The fraction of sp³-hybridized carbons (Fsp3) is 0.333. The van der Waals surface area contributed by atoms with E-state index in [9.17, 15) is 14.9 Å². The topological polar surface area (TPSA) is 107 Å². The number of carbonyl (C=O) groups is 1. The van der Waals surface area contributed by atoms with Crippen molar-refractivity contribution in [1.82, 2.24) is 14.5 Å². The summed E-state index contributed by atoms with van der Waals surface area (Å²) in [6.07, 6.45) is 6.38. The molecular formula is C15H17N5O3. The molecule has 1 atom stereocenters. The van der Waals surface area contributed by atoms with Crippen LogP contribution < -0.4 is 5.73 Å². The van der Waals surface area contributed by atoms with Gasteiger partial charge in [-0.05, 0) is 25.0 Å². The minimum atomic E-state index is -0.492. The molecule has 8 heteroatoms. The van der Waals surface area contributed by atoms with Gasteiger partial charge in [0.25, 0.3) is 11.6 Å². The van der Waals surface area contributed by atoms with E-state index in [2.05, 4.69) is 4.98 Å². The van der Waals surface area contributed by atoms with Crippen molar-refractivity contribution in [3.05, 3.63) is 52.6 Å². The Morgan fingerprint density at radius 3 is 2.91 bits per heavy atom. The van der Waals surface area contributed by atoms with Crippen LogP contribution in [0.1, 0.15) is 23.2 Å². The van der Waals surface area contributed by atoms with Gasteiger partial charge < -0.3 is 15.2 Å². The second kappa shape index (κ2) is 6.17. The molecule has 8 nitrogen and oxygen atoms in total. The predicted molar refractivity (Wildman–Crippen MR) is 83.3 cm³/mol. The van der Waals surface area contributed by atoms with Crippen LogP contribution in [-0.4, -0.2) is 44.4 Å². The molecule has 1 aromatic heterocycles. The lowest BCUT2D eigenvalue weighted by Crippen LogP contribution is -2.45. The number of benzene rings is 1. The Kier molecular flexibility index (Phi) is 4.07. The van der Waals surface area contributed by atoms with E-state index in [-0.39, 0.29) is 17.6 Å². The number of carbonyl (C=O) groups excluding carboxylic acids is 1. The summed E-state index contributed by atoms with van der Waals surface area (Å²) in [7, 11) is 0. The lowest BCUT2D eigenvalue weighted by molar-refractivity contribution is -0.384. The second-order valence-electron chi connectivity index (χ2n) is 5.58. The van der Waals surface area contributed by atoms with E-state index in [0.717, 1.165) is 12.8 Å².